The number of nitrogens with zero attached hydrogens (tertiary/aromatic N) is 11. The Morgan fingerprint density at radius 1 is 0.374 bits per heavy atom. The maximum Gasteiger partial charge on any atom is 0.158 e. The molecule has 16 aliphatic rings. The van der Waals surface area contributed by atoms with Gasteiger partial charge in [-0.25, -0.2) is 4.58 Å². The first-order valence-corrected chi connectivity index (χ1v) is 38.9. The van der Waals surface area contributed by atoms with E-state index in [0.717, 1.165) is 95.9 Å². The zero-order chi connectivity index (χ0) is 67.5. The molecule has 11 nitrogen and oxygen atoms in total. The number of piperidine rings is 7. The van der Waals surface area contributed by atoms with Gasteiger partial charge >= 0.3 is 0 Å². The van der Waals surface area contributed by atoms with Crippen LogP contribution in [0, 0.1) is 46.3 Å². The van der Waals surface area contributed by atoms with Gasteiger partial charge in [0.1, 0.15) is 0 Å². The fourth-order valence-electron chi connectivity index (χ4n) is 20.0. The van der Waals surface area contributed by atoms with Crippen molar-refractivity contribution in [1.29, 1.82) is 0 Å². The first kappa shape index (κ1) is 76.0. The monoisotopic (exact) mass is 1270 g/mol. The Balaban J connectivity index is 0.000000137. The Labute approximate surface area is 566 Å². The Bertz CT molecular complexity index is 2170. The van der Waals surface area contributed by atoms with Crippen molar-refractivity contribution in [2.24, 2.45) is 46.3 Å². The van der Waals surface area contributed by atoms with Gasteiger partial charge in [0.05, 0.1) is 12.1 Å². The van der Waals surface area contributed by atoms with Gasteiger partial charge in [-0.05, 0) is 296 Å². The second kappa shape index (κ2) is 29.6. The van der Waals surface area contributed by atoms with Crippen LogP contribution in [-0.4, -0.2) is 261 Å². The van der Waals surface area contributed by atoms with E-state index in [-0.39, 0.29) is 0 Å². The summed E-state index contributed by atoms with van der Waals surface area (Å²) in [5.41, 5.74) is 3.01. The van der Waals surface area contributed by atoms with Crippen molar-refractivity contribution >= 4 is 6.21 Å². The lowest BCUT2D eigenvalue weighted by atomic mass is 9.72. The molecular formula is C80H156N11+. The van der Waals surface area contributed by atoms with Crippen molar-refractivity contribution in [2.45, 2.75) is 356 Å². The third-order valence-corrected chi connectivity index (χ3v) is 28.2. The number of likely N-dealkylation sites (tertiary alicyclic amines) is 3. The summed E-state index contributed by atoms with van der Waals surface area (Å²) in [6.07, 6.45) is 25.4. The number of hydrogen-bond acceptors (Lipinski definition) is 10. The first-order valence-electron chi connectivity index (χ1n) is 38.9. The van der Waals surface area contributed by atoms with E-state index in [1.807, 2.05) is 0 Å². The molecule has 16 rings (SSSR count). The summed E-state index contributed by atoms with van der Waals surface area (Å²) >= 11 is 0. The van der Waals surface area contributed by atoms with E-state index in [2.05, 4.69) is 254 Å². The van der Waals surface area contributed by atoms with Gasteiger partial charge < -0.3 is 9.80 Å². The van der Waals surface area contributed by atoms with Crippen molar-refractivity contribution in [3.05, 3.63) is 0 Å². The molecule has 0 aromatic carbocycles. The highest BCUT2D eigenvalue weighted by Gasteiger charge is 2.52. The van der Waals surface area contributed by atoms with Crippen LogP contribution in [0.4, 0.5) is 0 Å². The Morgan fingerprint density at radius 3 is 1.12 bits per heavy atom. The number of fused-ring (bicyclic) bond motifs is 15. The maximum absolute atomic E-state index is 2.70. The number of piperazine rings is 3. The summed E-state index contributed by atoms with van der Waals surface area (Å²) in [6.45, 7) is 68.6. The predicted molar refractivity (Wildman–Crippen MR) is 393 cm³/mol. The quantitative estimate of drug-likeness (QED) is 0.250. The van der Waals surface area contributed by atoms with Crippen molar-refractivity contribution < 1.29 is 4.58 Å². The minimum Gasteiger partial charge on any atom is -0.301 e. The van der Waals surface area contributed by atoms with Gasteiger partial charge in [-0.3, -0.25) is 39.2 Å². The molecule has 14 atom stereocenters. The lowest BCUT2D eigenvalue weighted by Crippen LogP contribution is -2.67. The second-order valence-corrected chi connectivity index (χ2v) is 40.1. The number of likely N-dealkylation sites (N-methyl/N-ethyl adjacent to an activating group) is 4. The highest BCUT2D eigenvalue weighted by Crippen LogP contribution is 2.53. The zero-order valence-corrected chi connectivity index (χ0v) is 65.9. The van der Waals surface area contributed by atoms with E-state index in [1.165, 1.54) is 175 Å². The largest absolute Gasteiger partial charge is 0.301 e. The molecule has 12 unspecified atom stereocenters. The normalized spacial score (nSPS) is 37.7. The fourth-order valence-corrected chi connectivity index (χ4v) is 20.0. The fraction of sp³-hybridized carbons (Fsp3) is 0.988. The zero-order valence-electron chi connectivity index (χ0n) is 65.9. The second-order valence-electron chi connectivity index (χ2n) is 40.1. The molecule has 91 heavy (non-hydrogen) atoms. The number of rotatable bonds is 2. The van der Waals surface area contributed by atoms with E-state index < -0.39 is 0 Å². The van der Waals surface area contributed by atoms with Gasteiger partial charge in [0.25, 0.3) is 0 Å². The molecule has 15 fully saturated rings. The molecule has 2 saturated carbocycles. The number of hydrogen-bond donors (Lipinski definition) is 0. The molecule has 11 heteroatoms. The molecule has 0 aromatic heterocycles. The first-order chi connectivity index (χ1) is 41.9. The average molecular weight is 1270 g/mol. The molecule has 14 heterocycles. The van der Waals surface area contributed by atoms with Crippen molar-refractivity contribution in [2.75, 3.05) is 107 Å². The third kappa shape index (κ3) is 18.4. The van der Waals surface area contributed by atoms with E-state index >= 15 is 0 Å². The van der Waals surface area contributed by atoms with Gasteiger partial charge in [0.15, 0.2) is 18.3 Å². The van der Waals surface area contributed by atoms with E-state index in [0.29, 0.717) is 44.6 Å². The average Bonchev–Trinajstić information content (AvgIpc) is 1.80. The highest BCUT2D eigenvalue weighted by molar-refractivity contribution is 5.61. The van der Waals surface area contributed by atoms with E-state index in [1.54, 1.807) is 0 Å². The van der Waals surface area contributed by atoms with Crippen LogP contribution < -0.4 is 0 Å². The minimum absolute atomic E-state index is 0.308. The summed E-state index contributed by atoms with van der Waals surface area (Å²) in [4.78, 5) is 26.2. The molecule has 13 saturated heterocycles. The maximum atomic E-state index is 2.70. The molecule has 0 aromatic rings. The topological polar surface area (TPSA) is 35.4 Å². The minimum atomic E-state index is 0.308. The molecule has 2 aliphatic carbocycles. The van der Waals surface area contributed by atoms with E-state index in [4.69, 9.17) is 0 Å². The molecule has 0 radical (unpaired) electrons. The van der Waals surface area contributed by atoms with Crippen molar-refractivity contribution in [3.63, 3.8) is 0 Å². The molecule has 0 amide bonds. The summed E-state index contributed by atoms with van der Waals surface area (Å²) in [6, 6.07) is 9.13. The summed E-state index contributed by atoms with van der Waals surface area (Å²) in [5.74, 6) is 5.69. The van der Waals surface area contributed by atoms with Crippen LogP contribution in [0.2, 0.25) is 0 Å². The van der Waals surface area contributed by atoms with Crippen LogP contribution in [0.25, 0.3) is 0 Å². The van der Waals surface area contributed by atoms with E-state index in [9.17, 15) is 0 Å². The van der Waals surface area contributed by atoms with Crippen molar-refractivity contribution in [3.8, 4) is 0 Å². The molecule has 14 aliphatic heterocycles. The summed E-state index contributed by atoms with van der Waals surface area (Å²) in [7, 11) is 11.4. The Kier molecular flexibility index (Phi) is 24.7. The van der Waals surface area contributed by atoms with Crippen LogP contribution in [0.3, 0.4) is 0 Å². The van der Waals surface area contributed by atoms with Gasteiger partial charge in [0.2, 0.25) is 0 Å². The third-order valence-electron chi connectivity index (χ3n) is 28.2. The SMILES string of the molecule is CC(C)C1CC2CCCC(C1)N2C.CC(C)N1CC2CC(C1)N2C.CC1(C)C2CCC1CN(C(C)(C)C)C2.CC1(C)[C@@H]2CC[C@H]1CN(C(C)(C)C)C2.CN1C2C=[N+](C(C)(C)C)CC1CC2.CN1C2CCC1CN(C(C)(C)C)C2.CN1CC2CCC1CN2C(C)(C)C. The van der Waals surface area contributed by atoms with Gasteiger partial charge in [0, 0.05) is 142 Å². The van der Waals surface area contributed by atoms with Gasteiger partial charge in [-0.2, -0.15) is 0 Å². The van der Waals surface area contributed by atoms with Crippen LogP contribution in [0.15, 0.2) is 0 Å². The molecular weight excluding hydrogens is 1110 g/mol. The van der Waals surface area contributed by atoms with Gasteiger partial charge in [-0.1, -0.05) is 48.0 Å². The van der Waals surface area contributed by atoms with Crippen LogP contribution >= 0.6 is 0 Å². The highest BCUT2D eigenvalue weighted by atomic mass is 15.4. The van der Waals surface area contributed by atoms with Crippen LogP contribution in [0.5, 0.6) is 0 Å². The standard InChI is InChI=1S/2C13H25N.C12H23N.2C11H22N2.C11H21N2.C9H18N2/c2*1-12(2,3)14-8-10-6-7-11(9-14)13(10,4)5;1-9(2)10-7-11-5-4-6-12(8-10)13(11)3;1-11(2,3)13-8-9-5-6-10(13)7-12(9)4;2*1-11(2,3)13-7-9-5-6-10(8-13)12(9)4;1-7(2)11-5-8-4-9(6-11)10(8)3/h2*10-11H,6-9H2,1-5H3;9-12H,4-8H2,1-3H3;2*9-10H,5-8H2,1-4H3;7,9-10H,5-6,8H2,1-4H3;7-9H,4-6H2,1-3H3/q;;;;;+1;/t10-,11+;;;;;;. The summed E-state index contributed by atoms with van der Waals surface area (Å²) in [5, 5.41) is 0. The van der Waals surface area contributed by atoms with Gasteiger partial charge in [-0.15, -0.1) is 0 Å². The summed E-state index contributed by atoms with van der Waals surface area (Å²) < 4.78 is 2.52. The molecule has 0 spiro atoms. The lowest BCUT2D eigenvalue weighted by Gasteiger charge is -2.56. The molecule has 0 N–H and O–H groups in total. The lowest BCUT2D eigenvalue weighted by molar-refractivity contribution is -0.602. The van der Waals surface area contributed by atoms with Crippen molar-refractivity contribution in [1.82, 2.24) is 49.0 Å². The molecule has 530 valence electrons. The Morgan fingerprint density at radius 2 is 0.769 bits per heavy atom. The smallest absolute Gasteiger partial charge is 0.158 e. The van der Waals surface area contributed by atoms with Crippen LogP contribution in [0.1, 0.15) is 262 Å². The molecule has 14 bridgehead atoms. The van der Waals surface area contributed by atoms with Crippen LogP contribution in [-0.2, 0) is 0 Å². The Hall–Kier alpha value is -0.730. The predicted octanol–water partition coefficient (Wildman–Crippen LogP) is 14.5.